The van der Waals surface area contributed by atoms with E-state index in [1.165, 1.54) is 0 Å². The second-order valence-corrected chi connectivity index (χ2v) is 2.78. The van der Waals surface area contributed by atoms with Crippen molar-refractivity contribution in [2.75, 3.05) is 14.1 Å². The second kappa shape index (κ2) is 4.77. The first kappa shape index (κ1) is 10.0. The molecule has 11 heavy (non-hydrogen) atoms. The predicted molar refractivity (Wildman–Crippen MR) is 44.1 cm³/mol. The highest BCUT2D eigenvalue weighted by Crippen LogP contribution is 1.99. The highest BCUT2D eigenvalue weighted by atomic mass is 16.5. The van der Waals surface area contributed by atoms with E-state index in [1.807, 2.05) is 27.9 Å². The molecule has 0 rings (SSSR count). The first-order valence-corrected chi connectivity index (χ1v) is 3.56. The average molecular weight is 157 g/mol. The molecule has 0 radical (unpaired) electrons. The number of nitrogens with zero attached hydrogens (tertiary/aromatic N) is 1. The molecule has 0 aromatic rings. The number of hydrogen-bond donors (Lipinski definition) is 0. The fourth-order valence-electron chi connectivity index (χ4n) is 0.615. The molecule has 0 heterocycles. The Kier molecular flexibility index (Phi) is 4.34. The molecule has 0 N–H and O–H groups in total. The predicted octanol–water partition coefficient (Wildman–Crippen LogP) is 1.01. The first-order chi connectivity index (χ1) is 5.06. The van der Waals surface area contributed by atoms with E-state index in [2.05, 4.69) is 0 Å². The summed E-state index contributed by atoms with van der Waals surface area (Å²) in [6.07, 6.45) is 2.40. The number of ether oxygens (including phenoxy) is 1. The average Bonchev–Trinajstić information content (AvgIpc) is 1.84. The number of allylic oxidation sites excluding steroid dienone is 1. The Bertz CT molecular complexity index is 150. The van der Waals surface area contributed by atoms with Crippen molar-refractivity contribution in [3.05, 3.63) is 12.0 Å². The van der Waals surface area contributed by atoms with Gasteiger partial charge in [-0.05, 0) is 13.8 Å². The van der Waals surface area contributed by atoms with Crippen LogP contribution in [0.1, 0.15) is 13.8 Å². The van der Waals surface area contributed by atoms with E-state index >= 15 is 0 Å². The summed E-state index contributed by atoms with van der Waals surface area (Å²) in [5, 5.41) is 0. The monoisotopic (exact) mass is 157 g/mol. The van der Waals surface area contributed by atoms with Crippen molar-refractivity contribution < 1.29 is 9.53 Å². The summed E-state index contributed by atoms with van der Waals surface area (Å²) in [6.45, 7) is 3.76. The molecule has 0 aliphatic heterocycles. The van der Waals surface area contributed by atoms with Gasteiger partial charge in [0.2, 0.25) is 0 Å². The lowest BCUT2D eigenvalue weighted by atomic mass is 10.4. The van der Waals surface area contributed by atoms with Crippen LogP contribution in [-0.4, -0.2) is 31.4 Å². The molecule has 0 aliphatic rings. The van der Waals surface area contributed by atoms with Gasteiger partial charge < -0.3 is 9.64 Å². The van der Waals surface area contributed by atoms with Crippen molar-refractivity contribution >= 4 is 6.29 Å². The number of carbonyl (C=O) groups excluding carboxylic acids is 1. The second-order valence-electron chi connectivity index (χ2n) is 2.78. The fourth-order valence-corrected chi connectivity index (χ4v) is 0.615. The maximum absolute atomic E-state index is 10.4. The standard InChI is InChI=1S/C8H15NO2/c1-7(2)11-8(6-10)5-9(3)4/h5-7H,1-4H3/b8-5+. The minimum Gasteiger partial charge on any atom is -0.486 e. The molecule has 0 aromatic carbocycles. The van der Waals surface area contributed by atoms with Gasteiger partial charge in [0.15, 0.2) is 12.0 Å². The fraction of sp³-hybridized carbons (Fsp3) is 0.625. The molecule has 64 valence electrons. The van der Waals surface area contributed by atoms with Crippen LogP contribution in [0.2, 0.25) is 0 Å². The number of carbonyl (C=O) groups is 1. The molecule has 0 atom stereocenters. The molecule has 3 nitrogen and oxygen atoms in total. The van der Waals surface area contributed by atoms with Crippen LogP contribution in [0.15, 0.2) is 12.0 Å². The minimum atomic E-state index is 0.0476. The molecule has 0 fully saturated rings. The van der Waals surface area contributed by atoms with Crippen molar-refractivity contribution in [2.24, 2.45) is 0 Å². The smallest absolute Gasteiger partial charge is 0.186 e. The Labute approximate surface area is 67.6 Å². The van der Waals surface area contributed by atoms with Crippen LogP contribution in [-0.2, 0) is 9.53 Å². The van der Waals surface area contributed by atoms with Crippen molar-refractivity contribution in [1.82, 2.24) is 4.90 Å². The van der Waals surface area contributed by atoms with Crippen LogP contribution < -0.4 is 0 Å². The van der Waals surface area contributed by atoms with Gasteiger partial charge in [0, 0.05) is 20.3 Å². The van der Waals surface area contributed by atoms with Crippen LogP contribution >= 0.6 is 0 Å². The summed E-state index contributed by atoms with van der Waals surface area (Å²) in [6, 6.07) is 0. The summed E-state index contributed by atoms with van der Waals surface area (Å²) in [4.78, 5) is 12.1. The van der Waals surface area contributed by atoms with Gasteiger partial charge in [-0.15, -0.1) is 0 Å². The summed E-state index contributed by atoms with van der Waals surface area (Å²) in [5.41, 5.74) is 0. The van der Waals surface area contributed by atoms with Crippen molar-refractivity contribution in [3.63, 3.8) is 0 Å². The Morgan fingerprint density at radius 2 is 2.00 bits per heavy atom. The van der Waals surface area contributed by atoms with Gasteiger partial charge in [0.25, 0.3) is 0 Å². The van der Waals surface area contributed by atoms with Crippen LogP contribution in [0.3, 0.4) is 0 Å². The normalized spacial score (nSPS) is 11.5. The highest BCUT2D eigenvalue weighted by molar-refractivity contribution is 5.69. The van der Waals surface area contributed by atoms with Gasteiger partial charge >= 0.3 is 0 Å². The molecule has 0 aliphatic carbocycles. The minimum absolute atomic E-state index is 0.0476. The Morgan fingerprint density at radius 1 is 1.45 bits per heavy atom. The molecule has 0 aromatic heterocycles. The quantitative estimate of drug-likeness (QED) is 0.346. The van der Waals surface area contributed by atoms with E-state index in [0.717, 1.165) is 0 Å². The van der Waals surface area contributed by atoms with Crippen molar-refractivity contribution in [1.29, 1.82) is 0 Å². The third-order valence-corrected chi connectivity index (χ3v) is 0.873. The molecular weight excluding hydrogens is 142 g/mol. The third kappa shape index (κ3) is 5.45. The van der Waals surface area contributed by atoms with Crippen LogP contribution in [0, 0.1) is 0 Å². The van der Waals surface area contributed by atoms with Crippen molar-refractivity contribution in [2.45, 2.75) is 20.0 Å². The lowest BCUT2D eigenvalue weighted by molar-refractivity contribution is -0.108. The zero-order chi connectivity index (χ0) is 8.85. The number of rotatable bonds is 4. The summed E-state index contributed by atoms with van der Waals surface area (Å²) in [5.74, 6) is 0.366. The molecule has 0 unspecified atom stereocenters. The Hall–Kier alpha value is -0.990. The van der Waals surface area contributed by atoms with E-state index in [9.17, 15) is 4.79 Å². The van der Waals surface area contributed by atoms with Crippen LogP contribution in [0.25, 0.3) is 0 Å². The molecule has 0 bridgehead atoms. The summed E-state index contributed by atoms with van der Waals surface area (Å²) >= 11 is 0. The van der Waals surface area contributed by atoms with E-state index in [1.54, 1.807) is 11.1 Å². The van der Waals surface area contributed by atoms with Crippen molar-refractivity contribution in [3.8, 4) is 0 Å². The van der Waals surface area contributed by atoms with Crippen LogP contribution in [0.5, 0.6) is 0 Å². The largest absolute Gasteiger partial charge is 0.486 e. The Balaban J connectivity index is 4.05. The van der Waals surface area contributed by atoms with Gasteiger partial charge in [0.05, 0.1) is 6.10 Å². The maximum atomic E-state index is 10.4. The van der Waals surface area contributed by atoms with Gasteiger partial charge in [-0.25, -0.2) is 0 Å². The summed E-state index contributed by atoms with van der Waals surface area (Å²) in [7, 11) is 3.68. The maximum Gasteiger partial charge on any atom is 0.186 e. The molecule has 0 amide bonds. The lowest BCUT2D eigenvalue weighted by Gasteiger charge is -2.11. The van der Waals surface area contributed by atoms with Gasteiger partial charge in [-0.3, -0.25) is 4.79 Å². The van der Waals surface area contributed by atoms with E-state index < -0.39 is 0 Å². The molecule has 0 saturated carbocycles. The molecular formula is C8H15NO2. The summed E-state index contributed by atoms with van der Waals surface area (Å²) < 4.78 is 5.16. The van der Waals surface area contributed by atoms with E-state index in [0.29, 0.717) is 12.0 Å². The molecule has 0 spiro atoms. The number of hydrogen-bond acceptors (Lipinski definition) is 3. The van der Waals surface area contributed by atoms with Crippen LogP contribution in [0.4, 0.5) is 0 Å². The van der Waals surface area contributed by atoms with E-state index in [4.69, 9.17) is 4.74 Å². The molecule has 3 heteroatoms. The highest BCUT2D eigenvalue weighted by Gasteiger charge is 1.98. The lowest BCUT2D eigenvalue weighted by Crippen LogP contribution is -2.09. The van der Waals surface area contributed by atoms with Gasteiger partial charge in [0.1, 0.15) is 0 Å². The third-order valence-electron chi connectivity index (χ3n) is 0.873. The molecule has 0 saturated heterocycles. The zero-order valence-corrected chi connectivity index (χ0v) is 7.50. The SMILES string of the molecule is CC(C)O/C(C=O)=C/N(C)C. The number of aldehydes is 1. The van der Waals surface area contributed by atoms with Gasteiger partial charge in [-0.1, -0.05) is 0 Å². The Morgan fingerprint density at radius 3 is 2.27 bits per heavy atom. The van der Waals surface area contributed by atoms with E-state index in [-0.39, 0.29) is 6.10 Å². The van der Waals surface area contributed by atoms with Gasteiger partial charge in [-0.2, -0.15) is 0 Å². The topological polar surface area (TPSA) is 29.5 Å². The zero-order valence-electron chi connectivity index (χ0n) is 7.50. The first-order valence-electron chi connectivity index (χ1n) is 3.56.